The monoisotopic (exact) mass is 300 g/mol. The minimum absolute atomic E-state index is 0.170. The Morgan fingerprint density at radius 3 is 2.41 bits per heavy atom. The topological polar surface area (TPSA) is 73.1 Å². The highest BCUT2D eigenvalue weighted by atomic mass is 16.5. The zero-order valence-corrected chi connectivity index (χ0v) is 13.7. The first kappa shape index (κ1) is 16.1. The molecule has 0 aliphatic heterocycles. The van der Waals surface area contributed by atoms with Gasteiger partial charge in [0.25, 0.3) is 0 Å². The Hall–Kier alpha value is -2.30. The molecule has 0 saturated carbocycles. The average molecular weight is 300 g/mol. The van der Waals surface area contributed by atoms with Crippen LogP contribution in [-0.4, -0.2) is 23.6 Å². The van der Waals surface area contributed by atoms with E-state index in [9.17, 15) is 0 Å². The highest BCUT2D eigenvalue weighted by Gasteiger charge is 2.21. The third-order valence-corrected chi connectivity index (χ3v) is 3.32. The van der Waals surface area contributed by atoms with Gasteiger partial charge in [-0.05, 0) is 12.0 Å². The van der Waals surface area contributed by atoms with E-state index in [4.69, 9.17) is 10.5 Å². The summed E-state index contributed by atoms with van der Waals surface area (Å²) >= 11 is 0. The second-order valence-corrected chi connectivity index (χ2v) is 6.23. The third kappa shape index (κ3) is 3.87. The highest BCUT2D eigenvalue weighted by molar-refractivity contribution is 5.67. The molecule has 0 bridgehead atoms. The summed E-state index contributed by atoms with van der Waals surface area (Å²) in [4.78, 5) is 8.95. The van der Waals surface area contributed by atoms with Gasteiger partial charge < -0.3 is 15.8 Å². The summed E-state index contributed by atoms with van der Waals surface area (Å²) in [5.41, 5.74) is 7.62. The molecule has 1 heterocycles. The first-order chi connectivity index (χ1) is 10.4. The summed E-state index contributed by atoms with van der Waals surface area (Å²) in [6.45, 7) is 6.93. The van der Waals surface area contributed by atoms with Gasteiger partial charge in [0.2, 0.25) is 5.88 Å². The molecule has 2 aromatic rings. The van der Waals surface area contributed by atoms with Crippen LogP contribution in [0, 0.1) is 0 Å². The van der Waals surface area contributed by atoms with Gasteiger partial charge in [-0.25, -0.2) is 4.98 Å². The van der Waals surface area contributed by atoms with Crippen molar-refractivity contribution < 1.29 is 4.74 Å². The first-order valence-corrected chi connectivity index (χ1v) is 7.41. The number of methoxy groups -OCH3 is 1. The number of benzene rings is 1. The van der Waals surface area contributed by atoms with Gasteiger partial charge in [0.1, 0.15) is 11.5 Å². The number of hydrogen-bond acceptors (Lipinski definition) is 5. The molecule has 22 heavy (non-hydrogen) atoms. The second-order valence-electron chi connectivity index (χ2n) is 6.23. The van der Waals surface area contributed by atoms with Crippen LogP contribution in [0.5, 0.6) is 5.88 Å². The Morgan fingerprint density at radius 2 is 1.82 bits per heavy atom. The van der Waals surface area contributed by atoms with Crippen molar-refractivity contribution in [3.05, 3.63) is 41.7 Å². The summed E-state index contributed by atoms with van der Waals surface area (Å²) in [5, 5.41) is 3.29. The molecule has 2 rings (SSSR count). The van der Waals surface area contributed by atoms with E-state index >= 15 is 0 Å². The molecule has 0 atom stereocenters. The molecule has 1 aromatic carbocycles. The first-order valence-electron chi connectivity index (χ1n) is 7.41. The van der Waals surface area contributed by atoms with E-state index in [1.807, 2.05) is 18.2 Å². The van der Waals surface area contributed by atoms with Crippen molar-refractivity contribution in [3.63, 3.8) is 0 Å². The lowest BCUT2D eigenvalue weighted by molar-refractivity contribution is 0.391. The third-order valence-electron chi connectivity index (χ3n) is 3.32. The van der Waals surface area contributed by atoms with Gasteiger partial charge in [-0.3, -0.25) is 0 Å². The zero-order chi connectivity index (χ0) is 16.2. The number of nitrogens with two attached hydrogens (primary N) is 1. The summed E-state index contributed by atoms with van der Waals surface area (Å²) in [5.74, 6) is 1.76. The normalized spacial score (nSPS) is 11.3. The number of nitrogens with one attached hydrogen (secondary N) is 1. The second kappa shape index (κ2) is 6.64. The fourth-order valence-corrected chi connectivity index (χ4v) is 2.04. The van der Waals surface area contributed by atoms with Crippen molar-refractivity contribution in [2.75, 3.05) is 24.7 Å². The van der Waals surface area contributed by atoms with Crippen LogP contribution < -0.4 is 15.8 Å². The van der Waals surface area contributed by atoms with E-state index < -0.39 is 0 Å². The lowest BCUT2D eigenvalue weighted by atomic mass is 9.96. The smallest absolute Gasteiger partial charge is 0.242 e. The fraction of sp³-hybridized carbons (Fsp3) is 0.412. The standard InChI is InChI=1S/C17H24N4O/c1-17(2,3)16-20-14(13(18)15(21-16)22-4)19-11-10-12-8-6-5-7-9-12/h5-9H,10-11,18H2,1-4H3,(H,19,20,21). The van der Waals surface area contributed by atoms with Crippen molar-refractivity contribution in [2.24, 2.45) is 0 Å². The SMILES string of the molecule is COc1nc(C(C)(C)C)nc(NCCc2ccccc2)c1N. The molecule has 0 aliphatic carbocycles. The highest BCUT2D eigenvalue weighted by Crippen LogP contribution is 2.30. The maximum Gasteiger partial charge on any atom is 0.242 e. The molecule has 0 saturated heterocycles. The summed E-state index contributed by atoms with van der Waals surface area (Å²) in [6.07, 6.45) is 0.900. The van der Waals surface area contributed by atoms with Crippen molar-refractivity contribution in [2.45, 2.75) is 32.6 Å². The summed E-state index contributed by atoms with van der Waals surface area (Å²) in [7, 11) is 1.57. The van der Waals surface area contributed by atoms with Crippen molar-refractivity contribution >= 4 is 11.5 Å². The average Bonchev–Trinajstić information content (AvgIpc) is 2.49. The minimum atomic E-state index is -0.170. The van der Waals surface area contributed by atoms with Gasteiger partial charge in [-0.2, -0.15) is 4.98 Å². The van der Waals surface area contributed by atoms with Crippen LogP contribution in [0.1, 0.15) is 32.2 Å². The molecule has 5 nitrogen and oxygen atoms in total. The van der Waals surface area contributed by atoms with Crippen LogP contribution in [0.3, 0.4) is 0 Å². The molecule has 1 aromatic heterocycles. The molecule has 0 spiro atoms. The van der Waals surface area contributed by atoms with Crippen LogP contribution in [0.4, 0.5) is 11.5 Å². The van der Waals surface area contributed by atoms with E-state index in [0.717, 1.165) is 13.0 Å². The Morgan fingerprint density at radius 1 is 1.14 bits per heavy atom. The lowest BCUT2D eigenvalue weighted by Gasteiger charge is -2.20. The van der Waals surface area contributed by atoms with Crippen LogP contribution >= 0.6 is 0 Å². The van der Waals surface area contributed by atoms with Crippen LogP contribution in [0.2, 0.25) is 0 Å². The molecule has 0 fully saturated rings. The number of aromatic nitrogens is 2. The molecule has 118 valence electrons. The van der Waals surface area contributed by atoms with Crippen molar-refractivity contribution in [3.8, 4) is 5.88 Å². The number of hydrogen-bond donors (Lipinski definition) is 2. The lowest BCUT2D eigenvalue weighted by Crippen LogP contribution is -2.19. The van der Waals surface area contributed by atoms with Crippen molar-refractivity contribution in [1.29, 1.82) is 0 Å². The molecule has 0 amide bonds. The molecular weight excluding hydrogens is 276 g/mol. The maximum atomic E-state index is 6.07. The maximum absolute atomic E-state index is 6.07. The number of rotatable bonds is 5. The summed E-state index contributed by atoms with van der Waals surface area (Å²) < 4.78 is 5.27. The minimum Gasteiger partial charge on any atom is -0.479 e. The van der Waals surface area contributed by atoms with E-state index in [0.29, 0.717) is 23.2 Å². The van der Waals surface area contributed by atoms with Crippen LogP contribution in [-0.2, 0) is 11.8 Å². The van der Waals surface area contributed by atoms with E-state index in [2.05, 4.69) is 48.2 Å². The van der Waals surface area contributed by atoms with E-state index in [1.165, 1.54) is 5.56 Å². The van der Waals surface area contributed by atoms with Crippen molar-refractivity contribution in [1.82, 2.24) is 9.97 Å². The Labute approximate surface area is 131 Å². The summed E-state index contributed by atoms with van der Waals surface area (Å²) in [6, 6.07) is 10.3. The number of ether oxygens (including phenoxy) is 1. The number of nitrogen functional groups attached to an aromatic ring is 1. The fourth-order valence-electron chi connectivity index (χ4n) is 2.04. The Balaban J connectivity index is 2.15. The largest absolute Gasteiger partial charge is 0.479 e. The number of nitrogens with zero attached hydrogens (tertiary/aromatic N) is 2. The van der Waals surface area contributed by atoms with Gasteiger partial charge in [0.05, 0.1) is 7.11 Å². The van der Waals surface area contributed by atoms with E-state index in [-0.39, 0.29) is 5.41 Å². The molecule has 5 heteroatoms. The molecule has 0 radical (unpaired) electrons. The van der Waals surface area contributed by atoms with Gasteiger partial charge >= 0.3 is 0 Å². The quantitative estimate of drug-likeness (QED) is 0.888. The zero-order valence-electron chi connectivity index (χ0n) is 13.7. The molecule has 3 N–H and O–H groups in total. The predicted molar refractivity (Wildman–Crippen MR) is 90.3 cm³/mol. The van der Waals surface area contributed by atoms with Gasteiger partial charge in [0.15, 0.2) is 5.82 Å². The van der Waals surface area contributed by atoms with Gasteiger partial charge in [0, 0.05) is 12.0 Å². The molecule has 0 unspecified atom stereocenters. The van der Waals surface area contributed by atoms with Crippen LogP contribution in [0.15, 0.2) is 30.3 Å². The van der Waals surface area contributed by atoms with Crippen LogP contribution in [0.25, 0.3) is 0 Å². The molecule has 0 aliphatic rings. The Kier molecular flexibility index (Phi) is 4.85. The van der Waals surface area contributed by atoms with E-state index in [1.54, 1.807) is 7.11 Å². The number of anilines is 2. The van der Waals surface area contributed by atoms with Gasteiger partial charge in [-0.1, -0.05) is 51.1 Å². The molecular formula is C17H24N4O. The predicted octanol–water partition coefficient (Wildman–Crippen LogP) is 3.02. The Bertz CT molecular complexity index is 621. The van der Waals surface area contributed by atoms with Gasteiger partial charge in [-0.15, -0.1) is 0 Å².